The Morgan fingerprint density at radius 2 is 2.00 bits per heavy atom. The number of unbranched alkanes of at least 4 members (excludes halogenated alkanes) is 2. The van der Waals surface area contributed by atoms with Crippen LogP contribution in [0, 0.1) is 0 Å². The van der Waals surface area contributed by atoms with E-state index < -0.39 is 0 Å². The topological polar surface area (TPSA) is 80.1 Å². The standard InChI is InChI=1S/C22H31N5O2/c1-3-4-6-12-24-21(28)19-18-8-5-7-15-27(18)20(25-19)22(29)26(2)16-11-17-9-13-23-14-10-17/h9-10,13-14H,3-8,11-12,15-16H2,1-2H3,(H,24,28). The molecule has 0 atom stereocenters. The number of amides is 2. The van der Waals surface area contributed by atoms with Crippen LogP contribution < -0.4 is 5.32 Å². The average Bonchev–Trinajstić information content (AvgIpc) is 3.15. The van der Waals surface area contributed by atoms with E-state index in [9.17, 15) is 9.59 Å². The van der Waals surface area contributed by atoms with Crippen LogP contribution in [0.4, 0.5) is 0 Å². The minimum Gasteiger partial charge on any atom is -0.351 e. The van der Waals surface area contributed by atoms with E-state index in [1.165, 1.54) is 0 Å². The van der Waals surface area contributed by atoms with E-state index in [1.807, 2.05) is 16.7 Å². The fraction of sp³-hybridized carbons (Fsp3) is 0.545. The Bertz CT molecular complexity index is 831. The molecule has 0 aliphatic carbocycles. The van der Waals surface area contributed by atoms with Gasteiger partial charge < -0.3 is 14.8 Å². The minimum absolute atomic E-state index is 0.132. The van der Waals surface area contributed by atoms with Gasteiger partial charge in [-0.3, -0.25) is 14.6 Å². The molecule has 1 N–H and O–H groups in total. The molecule has 0 aromatic carbocycles. The van der Waals surface area contributed by atoms with Crippen LogP contribution in [0.5, 0.6) is 0 Å². The third-order valence-corrected chi connectivity index (χ3v) is 5.42. The van der Waals surface area contributed by atoms with Crippen molar-refractivity contribution in [2.75, 3.05) is 20.1 Å². The van der Waals surface area contributed by atoms with Crippen molar-refractivity contribution in [1.29, 1.82) is 0 Å². The quantitative estimate of drug-likeness (QED) is 0.660. The van der Waals surface area contributed by atoms with Crippen LogP contribution in [-0.4, -0.2) is 51.4 Å². The average molecular weight is 398 g/mol. The predicted octanol–water partition coefficient (Wildman–Crippen LogP) is 2.85. The molecule has 0 saturated carbocycles. The Morgan fingerprint density at radius 3 is 2.76 bits per heavy atom. The zero-order valence-electron chi connectivity index (χ0n) is 17.5. The highest BCUT2D eigenvalue weighted by molar-refractivity contribution is 5.97. The summed E-state index contributed by atoms with van der Waals surface area (Å²) in [5, 5.41) is 2.97. The third-order valence-electron chi connectivity index (χ3n) is 5.42. The summed E-state index contributed by atoms with van der Waals surface area (Å²) in [5.74, 6) is 0.0908. The van der Waals surface area contributed by atoms with Crippen molar-refractivity contribution < 1.29 is 9.59 Å². The van der Waals surface area contributed by atoms with E-state index >= 15 is 0 Å². The molecule has 2 aromatic rings. The molecule has 1 aliphatic rings. The van der Waals surface area contributed by atoms with Crippen molar-refractivity contribution >= 4 is 11.8 Å². The van der Waals surface area contributed by atoms with Crippen molar-refractivity contribution in [3.8, 4) is 0 Å². The number of carbonyl (C=O) groups is 2. The van der Waals surface area contributed by atoms with Gasteiger partial charge in [0.1, 0.15) is 5.69 Å². The van der Waals surface area contributed by atoms with Crippen LogP contribution in [0.15, 0.2) is 24.5 Å². The molecule has 0 spiro atoms. The molecule has 3 heterocycles. The number of rotatable bonds is 9. The lowest BCUT2D eigenvalue weighted by Gasteiger charge is -2.20. The SMILES string of the molecule is CCCCCNC(=O)c1nc(C(=O)N(C)CCc2ccncc2)n2c1CCCC2. The van der Waals surface area contributed by atoms with Crippen molar-refractivity contribution in [2.24, 2.45) is 0 Å². The van der Waals surface area contributed by atoms with Gasteiger partial charge in [-0.15, -0.1) is 0 Å². The number of aromatic nitrogens is 3. The van der Waals surface area contributed by atoms with Crippen LogP contribution in [0.3, 0.4) is 0 Å². The lowest BCUT2D eigenvalue weighted by atomic mass is 10.1. The number of hydrogen-bond acceptors (Lipinski definition) is 4. The van der Waals surface area contributed by atoms with E-state index in [2.05, 4.69) is 22.2 Å². The second-order valence-corrected chi connectivity index (χ2v) is 7.63. The van der Waals surface area contributed by atoms with Gasteiger partial charge in [0.2, 0.25) is 0 Å². The van der Waals surface area contributed by atoms with Crippen molar-refractivity contribution in [3.05, 3.63) is 47.3 Å². The number of carbonyl (C=O) groups excluding carboxylic acids is 2. The molecule has 0 saturated heterocycles. The lowest BCUT2D eigenvalue weighted by molar-refractivity contribution is 0.0778. The first-order chi connectivity index (χ1) is 14.1. The number of hydrogen-bond donors (Lipinski definition) is 1. The second-order valence-electron chi connectivity index (χ2n) is 7.63. The zero-order chi connectivity index (χ0) is 20.6. The summed E-state index contributed by atoms with van der Waals surface area (Å²) in [7, 11) is 1.79. The van der Waals surface area contributed by atoms with E-state index in [0.717, 1.165) is 62.7 Å². The smallest absolute Gasteiger partial charge is 0.289 e. The fourth-order valence-corrected chi connectivity index (χ4v) is 3.67. The number of nitrogens with zero attached hydrogens (tertiary/aromatic N) is 4. The number of likely N-dealkylation sites (N-methyl/N-ethyl adjacent to an activating group) is 1. The van der Waals surface area contributed by atoms with Crippen molar-refractivity contribution in [3.63, 3.8) is 0 Å². The summed E-state index contributed by atoms with van der Waals surface area (Å²) in [6.45, 7) is 4.11. The number of imidazole rings is 1. The van der Waals surface area contributed by atoms with Crippen LogP contribution >= 0.6 is 0 Å². The van der Waals surface area contributed by atoms with E-state index in [-0.39, 0.29) is 11.8 Å². The van der Waals surface area contributed by atoms with Gasteiger partial charge in [-0.1, -0.05) is 19.8 Å². The van der Waals surface area contributed by atoms with Gasteiger partial charge in [-0.25, -0.2) is 4.98 Å². The molecule has 0 radical (unpaired) electrons. The molecule has 1 aliphatic heterocycles. The Hall–Kier alpha value is -2.70. The van der Waals surface area contributed by atoms with Crippen molar-refractivity contribution in [1.82, 2.24) is 24.8 Å². The monoisotopic (exact) mass is 397 g/mol. The molecule has 7 heteroatoms. The van der Waals surface area contributed by atoms with E-state index in [4.69, 9.17) is 0 Å². The molecule has 2 amide bonds. The van der Waals surface area contributed by atoms with Gasteiger partial charge in [0.15, 0.2) is 5.82 Å². The van der Waals surface area contributed by atoms with Gasteiger partial charge >= 0.3 is 0 Å². The van der Waals surface area contributed by atoms with Gasteiger partial charge in [-0.05, 0) is 49.8 Å². The van der Waals surface area contributed by atoms with Crippen LogP contribution in [0.25, 0.3) is 0 Å². The largest absolute Gasteiger partial charge is 0.351 e. The van der Waals surface area contributed by atoms with Gasteiger partial charge in [-0.2, -0.15) is 0 Å². The number of nitrogens with one attached hydrogen (secondary N) is 1. The summed E-state index contributed by atoms with van der Waals surface area (Å²) < 4.78 is 1.95. The normalized spacial score (nSPS) is 13.0. The Kier molecular flexibility index (Phi) is 7.38. The molecule has 0 fully saturated rings. The van der Waals surface area contributed by atoms with E-state index in [1.54, 1.807) is 24.3 Å². The molecular weight excluding hydrogens is 366 g/mol. The third kappa shape index (κ3) is 5.22. The highest BCUT2D eigenvalue weighted by atomic mass is 16.2. The first kappa shape index (κ1) is 21.0. The van der Waals surface area contributed by atoms with Gasteiger partial charge in [0.05, 0.1) is 5.69 Å². The second kappa shape index (κ2) is 10.2. The lowest BCUT2D eigenvalue weighted by Crippen LogP contribution is -2.32. The van der Waals surface area contributed by atoms with Gasteiger partial charge in [0.25, 0.3) is 11.8 Å². The molecule has 3 rings (SSSR count). The van der Waals surface area contributed by atoms with Crippen molar-refractivity contribution in [2.45, 2.75) is 58.4 Å². The maximum absolute atomic E-state index is 13.1. The van der Waals surface area contributed by atoms with Gasteiger partial charge in [0, 0.05) is 39.1 Å². The first-order valence-electron chi connectivity index (χ1n) is 10.6. The molecule has 0 bridgehead atoms. The predicted molar refractivity (Wildman–Crippen MR) is 112 cm³/mol. The number of fused-ring (bicyclic) bond motifs is 1. The highest BCUT2D eigenvalue weighted by Crippen LogP contribution is 2.22. The molecular formula is C22H31N5O2. The molecule has 2 aromatic heterocycles. The maximum atomic E-state index is 13.1. The number of pyridine rings is 1. The molecule has 0 unspecified atom stereocenters. The minimum atomic E-state index is -0.162. The zero-order valence-corrected chi connectivity index (χ0v) is 17.5. The van der Waals surface area contributed by atoms with Crippen LogP contribution in [-0.2, 0) is 19.4 Å². The summed E-state index contributed by atoms with van der Waals surface area (Å²) in [6.07, 6.45) is 10.2. The first-order valence-corrected chi connectivity index (χ1v) is 10.6. The Labute approximate surface area is 172 Å². The summed E-state index contributed by atoms with van der Waals surface area (Å²) >= 11 is 0. The molecule has 7 nitrogen and oxygen atoms in total. The van der Waals surface area contributed by atoms with E-state index in [0.29, 0.717) is 24.6 Å². The van der Waals surface area contributed by atoms with Crippen LogP contribution in [0.1, 0.15) is 71.4 Å². The Balaban J connectivity index is 1.71. The summed E-state index contributed by atoms with van der Waals surface area (Å²) in [6, 6.07) is 3.91. The van der Waals surface area contributed by atoms with Crippen LogP contribution in [0.2, 0.25) is 0 Å². The molecule has 156 valence electrons. The molecule has 29 heavy (non-hydrogen) atoms. The summed E-state index contributed by atoms with van der Waals surface area (Å²) in [5.41, 5.74) is 2.46. The fourth-order valence-electron chi connectivity index (χ4n) is 3.67. The maximum Gasteiger partial charge on any atom is 0.289 e. The summed E-state index contributed by atoms with van der Waals surface area (Å²) in [4.78, 5) is 36.0. The highest BCUT2D eigenvalue weighted by Gasteiger charge is 2.28. The Morgan fingerprint density at radius 1 is 1.21 bits per heavy atom.